The fourth-order valence-electron chi connectivity index (χ4n) is 3.35. The average Bonchev–Trinajstić information content (AvgIpc) is 2.57. The van der Waals surface area contributed by atoms with E-state index in [9.17, 15) is 4.79 Å². The van der Waals surface area contributed by atoms with E-state index >= 15 is 0 Å². The maximum atomic E-state index is 11.9. The van der Waals surface area contributed by atoms with Crippen LogP contribution in [0, 0.1) is 0 Å². The van der Waals surface area contributed by atoms with Crippen molar-refractivity contribution in [2.75, 3.05) is 26.7 Å². The first kappa shape index (κ1) is 16.8. The molecule has 1 aromatic rings. The Morgan fingerprint density at radius 3 is 2.64 bits per heavy atom. The normalized spacial score (nSPS) is 17.5. The number of carbonyl (C=O) groups is 1. The summed E-state index contributed by atoms with van der Waals surface area (Å²) < 4.78 is 4.92. The number of rotatable bonds is 5. The Hall–Kier alpha value is -1.55. The number of hydrogen-bond acceptors (Lipinski definition) is 3. The van der Waals surface area contributed by atoms with Crippen LogP contribution in [0.3, 0.4) is 0 Å². The van der Waals surface area contributed by atoms with Crippen LogP contribution in [-0.4, -0.2) is 42.6 Å². The lowest BCUT2D eigenvalue weighted by Gasteiger charge is -2.36. The highest BCUT2D eigenvalue weighted by molar-refractivity contribution is 5.69. The average molecular weight is 304 g/mol. The molecule has 0 spiro atoms. The smallest absolute Gasteiger partial charge is 0.410 e. The second-order valence-electron chi connectivity index (χ2n) is 5.83. The summed E-state index contributed by atoms with van der Waals surface area (Å²) >= 11 is 0. The quantitative estimate of drug-likeness (QED) is 0.833. The molecule has 1 aromatic carbocycles. The van der Waals surface area contributed by atoms with Gasteiger partial charge in [0, 0.05) is 13.1 Å². The van der Waals surface area contributed by atoms with E-state index in [1.54, 1.807) is 0 Å². The standard InChI is InChI=1S/C18H28N2O2/c1-5-17-16-9-8-14(13-19(6-2)7-3)12-15(16)10-11-20(17)18(21)22-4/h8-9,12,17H,5-7,10-11,13H2,1-4H3. The third-order valence-corrected chi connectivity index (χ3v) is 4.66. The molecule has 0 saturated carbocycles. The van der Waals surface area contributed by atoms with Gasteiger partial charge in [-0.2, -0.15) is 0 Å². The van der Waals surface area contributed by atoms with Crippen molar-refractivity contribution in [1.29, 1.82) is 0 Å². The molecular formula is C18H28N2O2. The maximum Gasteiger partial charge on any atom is 0.410 e. The maximum absolute atomic E-state index is 11.9. The Labute approximate surface area is 134 Å². The molecule has 0 aliphatic carbocycles. The summed E-state index contributed by atoms with van der Waals surface area (Å²) in [5.41, 5.74) is 4.03. The van der Waals surface area contributed by atoms with E-state index in [1.165, 1.54) is 23.8 Å². The van der Waals surface area contributed by atoms with Gasteiger partial charge in [-0.25, -0.2) is 4.79 Å². The Balaban J connectivity index is 2.23. The van der Waals surface area contributed by atoms with E-state index in [0.29, 0.717) is 0 Å². The monoisotopic (exact) mass is 304 g/mol. The highest BCUT2D eigenvalue weighted by atomic mass is 16.5. The van der Waals surface area contributed by atoms with Crippen LogP contribution in [0.5, 0.6) is 0 Å². The highest BCUT2D eigenvalue weighted by Crippen LogP contribution is 2.33. The molecular weight excluding hydrogens is 276 g/mol. The second kappa shape index (κ2) is 7.63. The van der Waals surface area contributed by atoms with Gasteiger partial charge in [-0.3, -0.25) is 4.90 Å². The summed E-state index contributed by atoms with van der Waals surface area (Å²) in [6.45, 7) is 10.4. The van der Waals surface area contributed by atoms with E-state index in [-0.39, 0.29) is 12.1 Å². The molecule has 0 N–H and O–H groups in total. The molecule has 0 radical (unpaired) electrons. The van der Waals surface area contributed by atoms with E-state index in [0.717, 1.165) is 39.0 Å². The molecule has 4 heteroatoms. The van der Waals surface area contributed by atoms with Gasteiger partial charge in [0.15, 0.2) is 0 Å². The zero-order valence-electron chi connectivity index (χ0n) is 14.3. The molecule has 0 bridgehead atoms. The number of fused-ring (bicyclic) bond motifs is 1. The predicted molar refractivity (Wildman–Crippen MR) is 88.9 cm³/mol. The largest absolute Gasteiger partial charge is 0.453 e. The SMILES string of the molecule is CCC1c2ccc(CN(CC)CC)cc2CCN1C(=O)OC. The summed E-state index contributed by atoms with van der Waals surface area (Å²) in [6, 6.07) is 6.88. The fourth-order valence-corrected chi connectivity index (χ4v) is 3.35. The van der Waals surface area contributed by atoms with E-state index in [1.807, 2.05) is 4.90 Å². The molecule has 1 aliphatic rings. The second-order valence-corrected chi connectivity index (χ2v) is 5.83. The first-order chi connectivity index (χ1) is 10.6. The van der Waals surface area contributed by atoms with Gasteiger partial charge in [-0.1, -0.05) is 39.0 Å². The van der Waals surface area contributed by atoms with Crippen LogP contribution in [0.2, 0.25) is 0 Å². The molecule has 1 heterocycles. The van der Waals surface area contributed by atoms with Gasteiger partial charge in [0.1, 0.15) is 0 Å². The van der Waals surface area contributed by atoms with E-state index in [2.05, 4.69) is 43.9 Å². The van der Waals surface area contributed by atoms with Gasteiger partial charge in [0.05, 0.1) is 13.2 Å². The number of benzene rings is 1. The molecule has 1 amide bonds. The third kappa shape index (κ3) is 3.43. The van der Waals surface area contributed by atoms with Crippen molar-refractivity contribution in [3.63, 3.8) is 0 Å². The lowest BCUT2D eigenvalue weighted by atomic mass is 9.90. The number of amides is 1. The van der Waals surface area contributed by atoms with Crippen molar-refractivity contribution >= 4 is 6.09 Å². The number of methoxy groups -OCH3 is 1. The van der Waals surface area contributed by atoms with E-state index in [4.69, 9.17) is 4.74 Å². The van der Waals surface area contributed by atoms with Crippen molar-refractivity contribution in [3.05, 3.63) is 34.9 Å². The van der Waals surface area contributed by atoms with Crippen molar-refractivity contribution in [3.8, 4) is 0 Å². The topological polar surface area (TPSA) is 32.8 Å². The van der Waals surface area contributed by atoms with Crippen LogP contribution >= 0.6 is 0 Å². The molecule has 2 rings (SSSR count). The van der Waals surface area contributed by atoms with Crippen LogP contribution < -0.4 is 0 Å². The van der Waals surface area contributed by atoms with Crippen LogP contribution in [0.1, 0.15) is 49.9 Å². The van der Waals surface area contributed by atoms with Crippen molar-refractivity contribution in [1.82, 2.24) is 9.80 Å². The minimum absolute atomic E-state index is 0.138. The molecule has 22 heavy (non-hydrogen) atoms. The minimum Gasteiger partial charge on any atom is -0.453 e. The summed E-state index contributed by atoms with van der Waals surface area (Å²) in [7, 11) is 1.46. The lowest BCUT2D eigenvalue weighted by Crippen LogP contribution is -2.39. The molecule has 122 valence electrons. The Bertz CT molecular complexity index is 512. The van der Waals surface area contributed by atoms with Gasteiger partial charge in [-0.15, -0.1) is 0 Å². The van der Waals surface area contributed by atoms with Gasteiger partial charge in [-0.05, 0) is 42.6 Å². The van der Waals surface area contributed by atoms with Gasteiger partial charge >= 0.3 is 6.09 Å². The zero-order chi connectivity index (χ0) is 16.1. The number of carbonyl (C=O) groups excluding carboxylic acids is 1. The van der Waals surface area contributed by atoms with Crippen molar-refractivity contribution in [2.24, 2.45) is 0 Å². The van der Waals surface area contributed by atoms with E-state index < -0.39 is 0 Å². The minimum atomic E-state index is -0.218. The lowest BCUT2D eigenvalue weighted by molar-refractivity contribution is 0.0995. The van der Waals surface area contributed by atoms with Gasteiger partial charge < -0.3 is 9.64 Å². The van der Waals surface area contributed by atoms with Crippen LogP contribution in [-0.2, 0) is 17.7 Å². The van der Waals surface area contributed by atoms with Crippen LogP contribution in [0.25, 0.3) is 0 Å². The third-order valence-electron chi connectivity index (χ3n) is 4.66. The fraction of sp³-hybridized carbons (Fsp3) is 0.611. The summed E-state index contributed by atoms with van der Waals surface area (Å²) in [6.07, 6.45) is 1.61. The summed E-state index contributed by atoms with van der Waals surface area (Å²) in [5, 5.41) is 0. The van der Waals surface area contributed by atoms with Crippen LogP contribution in [0.15, 0.2) is 18.2 Å². The van der Waals surface area contributed by atoms with Crippen LogP contribution in [0.4, 0.5) is 4.79 Å². The number of nitrogens with zero attached hydrogens (tertiary/aromatic N) is 2. The molecule has 1 atom stereocenters. The first-order valence-electron chi connectivity index (χ1n) is 8.33. The zero-order valence-corrected chi connectivity index (χ0v) is 14.3. The number of hydrogen-bond donors (Lipinski definition) is 0. The predicted octanol–water partition coefficient (Wildman–Crippen LogP) is 3.60. The molecule has 0 fully saturated rings. The molecule has 0 saturated heterocycles. The summed E-state index contributed by atoms with van der Waals surface area (Å²) in [5.74, 6) is 0. The Kier molecular flexibility index (Phi) is 5.83. The van der Waals surface area contributed by atoms with Crippen molar-refractivity contribution < 1.29 is 9.53 Å². The summed E-state index contributed by atoms with van der Waals surface area (Å²) in [4.78, 5) is 16.2. The molecule has 1 aliphatic heterocycles. The number of ether oxygens (including phenoxy) is 1. The Morgan fingerprint density at radius 2 is 2.05 bits per heavy atom. The molecule has 4 nitrogen and oxygen atoms in total. The first-order valence-corrected chi connectivity index (χ1v) is 8.33. The molecule has 1 unspecified atom stereocenters. The van der Waals surface area contributed by atoms with Gasteiger partial charge in [0.2, 0.25) is 0 Å². The Morgan fingerprint density at radius 1 is 1.32 bits per heavy atom. The van der Waals surface area contributed by atoms with Crippen molar-refractivity contribution in [2.45, 2.75) is 46.2 Å². The molecule has 0 aromatic heterocycles. The van der Waals surface area contributed by atoms with Gasteiger partial charge in [0.25, 0.3) is 0 Å². The highest BCUT2D eigenvalue weighted by Gasteiger charge is 2.30.